The summed E-state index contributed by atoms with van der Waals surface area (Å²) in [5.74, 6) is 0. The first kappa shape index (κ1) is 14.1. The fourth-order valence-electron chi connectivity index (χ4n) is 2.44. The summed E-state index contributed by atoms with van der Waals surface area (Å²) in [6, 6.07) is 6.35. The molecular formula is C14H20N2O2S. The molecule has 1 aromatic rings. The van der Waals surface area contributed by atoms with Crippen molar-refractivity contribution in [2.24, 2.45) is 0 Å². The van der Waals surface area contributed by atoms with Gasteiger partial charge in [-0.05, 0) is 50.2 Å². The van der Waals surface area contributed by atoms with Crippen LogP contribution in [-0.2, 0) is 9.84 Å². The lowest BCUT2D eigenvalue weighted by atomic mass is 10.1. The van der Waals surface area contributed by atoms with Gasteiger partial charge in [0.05, 0.1) is 4.90 Å². The molecule has 0 aromatic heterocycles. The minimum Gasteiger partial charge on any atom is -0.399 e. The van der Waals surface area contributed by atoms with E-state index in [4.69, 9.17) is 5.73 Å². The van der Waals surface area contributed by atoms with Gasteiger partial charge in [-0.1, -0.05) is 12.5 Å². The SMILES string of the molecule is C=CC(N1CCCCC1)S(=O)(=O)c1ccc(N)cc1. The molecule has 1 saturated heterocycles. The van der Waals surface area contributed by atoms with E-state index >= 15 is 0 Å². The highest BCUT2D eigenvalue weighted by molar-refractivity contribution is 7.92. The second-order valence-corrected chi connectivity index (χ2v) is 6.88. The molecule has 2 rings (SSSR count). The van der Waals surface area contributed by atoms with Crippen molar-refractivity contribution < 1.29 is 8.42 Å². The summed E-state index contributed by atoms with van der Waals surface area (Å²) in [6.45, 7) is 5.32. The van der Waals surface area contributed by atoms with E-state index < -0.39 is 15.2 Å². The highest BCUT2D eigenvalue weighted by Crippen LogP contribution is 2.23. The standard InChI is InChI=1S/C14H20N2O2S/c1-2-14(16-10-4-3-5-11-16)19(17,18)13-8-6-12(15)7-9-13/h2,6-9,14H,1,3-5,10-11,15H2. The Morgan fingerprint density at radius 3 is 2.26 bits per heavy atom. The van der Waals surface area contributed by atoms with Crippen molar-refractivity contribution in [1.82, 2.24) is 4.90 Å². The van der Waals surface area contributed by atoms with Crippen LogP contribution in [0.15, 0.2) is 41.8 Å². The topological polar surface area (TPSA) is 63.4 Å². The number of nitrogens with two attached hydrogens (primary N) is 1. The van der Waals surface area contributed by atoms with E-state index in [0.717, 1.165) is 25.9 Å². The highest BCUT2D eigenvalue weighted by atomic mass is 32.2. The largest absolute Gasteiger partial charge is 0.399 e. The van der Waals surface area contributed by atoms with E-state index in [1.165, 1.54) is 12.5 Å². The molecule has 1 unspecified atom stereocenters. The molecule has 4 nitrogen and oxygen atoms in total. The van der Waals surface area contributed by atoms with Gasteiger partial charge in [0.25, 0.3) is 0 Å². The van der Waals surface area contributed by atoms with Gasteiger partial charge < -0.3 is 5.73 Å². The van der Waals surface area contributed by atoms with Crippen LogP contribution in [0.4, 0.5) is 5.69 Å². The van der Waals surface area contributed by atoms with E-state index in [-0.39, 0.29) is 0 Å². The fourth-order valence-corrected chi connectivity index (χ4v) is 4.09. The zero-order valence-electron chi connectivity index (χ0n) is 11.0. The van der Waals surface area contributed by atoms with Gasteiger partial charge in [-0.25, -0.2) is 8.42 Å². The van der Waals surface area contributed by atoms with E-state index in [1.54, 1.807) is 24.3 Å². The Morgan fingerprint density at radius 2 is 1.74 bits per heavy atom. The van der Waals surface area contributed by atoms with Crippen molar-refractivity contribution in [1.29, 1.82) is 0 Å². The quantitative estimate of drug-likeness (QED) is 0.677. The van der Waals surface area contributed by atoms with Gasteiger partial charge in [0.1, 0.15) is 5.37 Å². The van der Waals surface area contributed by atoms with Crippen molar-refractivity contribution in [2.75, 3.05) is 18.8 Å². The molecule has 0 spiro atoms. The van der Waals surface area contributed by atoms with E-state index in [2.05, 4.69) is 6.58 Å². The van der Waals surface area contributed by atoms with Gasteiger partial charge >= 0.3 is 0 Å². The Balaban J connectivity index is 2.30. The van der Waals surface area contributed by atoms with Gasteiger partial charge in [-0.2, -0.15) is 0 Å². The predicted molar refractivity (Wildman–Crippen MR) is 77.4 cm³/mol. The average molecular weight is 280 g/mol. The predicted octanol–water partition coefficient (Wildman–Crippen LogP) is 2.04. The second kappa shape index (κ2) is 5.75. The van der Waals surface area contributed by atoms with Gasteiger partial charge in [-0.15, -0.1) is 6.58 Å². The Hall–Kier alpha value is -1.33. The van der Waals surface area contributed by atoms with E-state index in [0.29, 0.717) is 10.6 Å². The van der Waals surface area contributed by atoms with Crippen molar-refractivity contribution >= 4 is 15.5 Å². The van der Waals surface area contributed by atoms with Crippen LogP contribution >= 0.6 is 0 Å². The van der Waals surface area contributed by atoms with Crippen LogP contribution in [0, 0.1) is 0 Å². The van der Waals surface area contributed by atoms with Crippen molar-refractivity contribution in [2.45, 2.75) is 29.5 Å². The third-order valence-corrected chi connectivity index (χ3v) is 5.53. The molecule has 0 saturated carbocycles. The summed E-state index contributed by atoms with van der Waals surface area (Å²) < 4.78 is 25.2. The number of nitrogens with zero attached hydrogens (tertiary/aromatic N) is 1. The number of piperidine rings is 1. The fraction of sp³-hybridized carbons (Fsp3) is 0.429. The van der Waals surface area contributed by atoms with Crippen LogP contribution in [0.25, 0.3) is 0 Å². The number of anilines is 1. The van der Waals surface area contributed by atoms with Gasteiger partial charge in [0.15, 0.2) is 9.84 Å². The minimum absolute atomic E-state index is 0.303. The Kier molecular flexibility index (Phi) is 4.27. The van der Waals surface area contributed by atoms with Gasteiger partial charge in [0.2, 0.25) is 0 Å². The van der Waals surface area contributed by atoms with Crippen molar-refractivity contribution in [3.63, 3.8) is 0 Å². The maximum Gasteiger partial charge on any atom is 0.198 e. The molecule has 104 valence electrons. The number of likely N-dealkylation sites (tertiary alicyclic amines) is 1. The zero-order valence-corrected chi connectivity index (χ0v) is 11.8. The third-order valence-electron chi connectivity index (χ3n) is 3.48. The smallest absolute Gasteiger partial charge is 0.198 e. The monoisotopic (exact) mass is 280 g/mol. The molecule has 0 radical (unpaired) electrons. The summed E-state index contributed by atoms with van der Waals surface area (Å²) >= 11 is 0. The average Bonchev–Trinajstić information content (AvgIpc) is 2.41. The molecule has 0 amide bonds. The van der Waals surface area contributed by atoms with Crippen molar-refractivity contribution in [3.8, 4) is 0 Å². The van der Waals surface area contributed by atoms with E-state index in [1.807, 2.05) is 4.90 Å². The minimum atomic E-state index is -3.42. The lowest BCUT2D eigenvalue weighted by Gasteiger charge is -2.32. The molecule has 1 heterocycles. The summed E-state index contributed by atoms with van der Waals surface area (Å²) in [5, 5.41) is -0.642. The van der Waals surface area contributed by atoms with Gasteiger partial charge in [-0.3, -0.25) is 4.90 Å². The first-order valence-electron chi connectivity index (χ1n) is 6.52. The third kappa shape index (κ3) is 2.98. The summed E-state index contributed by atoms with van der Waals surface area (Å²) in [4.78, 5) is 2.29. The molecule has 2 N–H and O–H groups in total. The molecule has 5 heteroatoms. The van der Waals surface area contributed by atoms with Crippen LogP contribution in [-0.4, -0.2) is 31.8 Å². The first-order chi connectivity index (χ1) is 9.05. The second-order valence-electron chi connectivity index (χ2n) is 4.84. The lowest BCUT2D eigenvalue weighted by molar-refractivity contribution is 0.229. The van der Waals surface area contributed by atoms with Crippen molar-refractivity contribution in [3.05, 3.63) is 36.9 Å². The highest BCUT2D eigenvalue weighted by Gasteiger charge is 2.31. The molecule has 0 bridgehead atoms. The molecule has 1 aromatic carbocycles. The number of nitrogen functional groups attached to an aromatic ring is 1. The number of rotatable bonds is 4. The summed E-state index contributed by atoms with van der Waals surface area (Å²) in [7, 11) is -3.42. The first-order valence-corrected chi connectivity index (χ1v) is 8.06. The molecule has 0 aliphatic carbocycles. The molecule has 1 atom stereocenters. The number of sulfone groups is 1. The van der Waals surface area contributed by atoms with Crippen LogP contribution in [0.1, 0.15) is 19.3 Å². The van der Waals surface area contributed by atoms with Crippen LogP contribution in [0.5, 0.6) is 0 Å². The van der Waals surface area contributed by atoms with Gasteiger partial charge in [0, 0.05) is 5.69 Å². The number of hydrogen-bond donors (Lipinski definition) is 1. The lowest BCUT2D eigenvalue weighted by Crippen LogP contribution is -2.42. The normalized spacial score (nSPS) is 18.9. The maximum absolute atomic E-state index is 12.6. The summed E-state index contributed by atoms with van der Waals surface area (Å²) in [6.07, 6.45) is 4.78. The zero-order chi connectivity index (χ0) is 13.9. The van der Waals surface area contributed by atoms with Crippen LogP contribution in [0.2, 0.25) is 0 Å². The van der Waals surface area contributed by atoms with E-state index in [9.17, 15) is 8.42 Å². The molecule has 19 heavy (non-hydrogen) atoms. The van der Waals surface area contributed by atoms with Crippen LogP contribution in [0.3, 0.4) is 0 Å². The maximum atomic E-state index is 12.6. The number of hydrogen-bond acceptors (Lipinski definition) is 4. The Morgan fingerprint density at radius 1 is 1.16 bits per heavy atom. The summed E-state index contributed by atoms with van der Waals surface area (Å²) in [5.41, 5.74) is 6.16. The Labute approximate surface area is 114 Å². The molecule has 1 aliphatic heterocycles. The van der Waals surface area contributed by atoms with Crippen LogP contribution < -0.4 is 5.73 Å². The Bertz CT molecular complexity index is 531. The molecular weight excluding hydrogens is 260 g/mol. The molecule has 1 fully saturated rings. The molecule has 1 aliphatic rings. The number of benzene rings is 1.